The van der Waals surface area contributed by atoms with Gasteiger partial charge in [0.15, 0.2) is 0 Å². The fourth-order valence-corrected chi connectivity index (χ4v) is 7.96. The van der Waals surface area contributed by atoms with Gasteiger partial charge in [-0.1, -0.05) is 79.7 Å². The van der Waals surface area contributed by atoms with E-state index in [2.05, 4.69) is 0 Å². The summed E-state index contributed by atoms with van der Waals surface area (Å²) < 4.78 is 24.5. The summed E-state index contributed by atoms with van der Waals surface area (Å²) in [7, 11) is 3.18. The van der Waals surface area contributed by atoms with Crippen molar-refractivity contribution in [2.24, 2.45) is 23.7 Å². The maximum Gasteiger partial charge on any atom is 0.306 e. The molecular weight excluding hydrogens is 662 g/mol. The maximum absolute atomic E-state index is 14.4. The highest BCUT2D eigenvalue weighted by Gasteiger charge is 2.61. The quantitative estimate of drug-likeness (QED) is 0.0873. The molecule has 6 unspecified atom stereocenters. The summed E-state index contributed by atoms with van der Waals surface area (Å²) in [5.41, 5.74) is 1.40. The van der Waals surface area contributed by atoms with Gasteiger partial charge in [0.05, 0.1) is 50.7 Å². The van der Waals surface area contributed by atoms with Crippen molar-refractivity contribution in [1.29, 1.82) is 0 Å². The molecule has 270 valence electrons. The fourth-order valence-electron chi connectivity index (χ4n) is 7.96. The number of fused-ring (bicyclic) bond motifs is 1. The second-order valence-electron chi connectivity index (χ2n) is 13.5. The predicted molar refractivity (Wildman–Crippen MR) is 193 cm³/mol. The molecule has 0 bridgehead atoms. The molecule has 1 heterocycles. The second kappa shape index (κ2) is 15.4. The van der Waals surface area contributed by atoms with Gasteiger partial charge in [-0.2, -0.15) is 0 Å². The summed E-state index contributed by atoms with van der Waals surface area (Å²) in [4.78, 5) is 54.2. The first-order valence-corrected chi connectivity index (χ1v) is 17.5. The van der Waals surface area contributed by atoms with E-state index < -0.39 is 53.9 Å². The average molecular weight is 706 g/mol. The fraction of sp³-hybridized carbons (Fsp3) is 0.333. The van der Waals surface area contributed by atoms with Crippen LogP contribution in [0.25, 0.3) is 0 Å². The van der Waals surface area contributed by atoms with Crippen LogP contribution in [-0.4, -0.2) is 55.3 Å². The Hall–Kier alpha value is -5.48. The number of ether oxygens (including phenoxy) is 4. The summed E-state index contributed by atoms with van der Waals surface area (Å²) in [6.45, 7) is 3.67. The van der Waals surface area contributed by atoms with Gasteiger partial charge in [0.25, 0.3) is 0 Å². The highest BCUT2D eigenvalue weighted by Crippen LogP contribution is 2.53. The number of carbonyl (C=O) groups is 4. The van der Waals surface area contributed by atoms with Gasteiger partial charge in [-0.3, -0.25) is 24.1 Å². The molecule has 2 amide bonds. The van der Waals surface area contributed by atoms with E-state index in [0.29, 0.717) is 23.6 Å². The number of anilines is 1. The monoisotopic (exact) mass is 705 g/mol. The van der Waals surface area contributed by atoms with Crippen LogP contribution < -0.4 is 14.4 Å². The van der Waals surface area contributed by atoms with Crippen LogP contribution in [-0.2, 0) is 34.3 Å². The van der Waals surface area contributed by atoms with Crippen molar-refractivity contribution < 1.29 is 43.2 Å². The smallest absolute Gasteiger partial charge is 0.306 e. The Morgan fingerprint density at radius 3 is 1.77 bits per heavy atom. The van der Waals surface area contributed by atoms with Crippen LogP contribution in [0, 0.1) is 23.7 Å². The number of carboxylic acids is 1. The third-order valence-electron chi connectivity index (χ3n) is 10.4. The van der Waals surface area contributed by atoms with E-state index in [1.165, 1.54) is 4.90 Å². The zero-order valence-corrected chi connectivity index (χ0v) is 29.6. The third-order valence-corrected chi connectivity index (χ3v) is 10.4. The van der Waals surface area contributed by atoms with E-state index in [-0.39, 0.29) is 24.2 Å². The second-order valence-corrected chi connectivity index (χ2v) is 13.5. The zero-order chi connectivity index (χ0) is 37.0. The minimum Gasteiger partial charge on any atom is -0.497 e. The molecular formula is C42H43NO9. The number of aliphatic carboxylic acids is 1. The van der Waals surface area contributed by atoms with E-state index in [4.69, 9.17) is 18.9 Å². The number of methoxy groups -OCH3 is 2. The number of esters is 1. The Morgan fingerprint density at radius 2 is 1.25 bits per heavy atom. The van der Waals surface area contributed by atoms with Crippen LogP contribution in [0.15, 0.2) is 109 Å². The zero-order valence-electron chi connectivity index (χ0n) is 29.6. The van der Waals surface area contributed by atoms with E-state index in [9.17, 15) is 24.3 Å². The summed E-state index contributed by atoms with van der Waals surface area (Å²) >= 11 is 0. The minimum atomic E-state index is -1.34. The number of imide groups is 1. The number of nitrogens with zero attached hydrogens (tertiary/aromatic N) is 1. The van der Waals surface area contributed by atoms with E-state index >= 15 is 0 Å². The third kappa shape index (κ3) is 6.90. The largest absolute Gasteiger partial charge is 0.497 e. The molecule has 0 radical (unpaired) electrons. The van der Waals surface area contributed by atoms with Gasteiger partial charge < -0.3 is 24.1 Å². The molecule has 4 aromatic carbocycles. The lowest BCUT2D eigenvalue weighted by atomic mass is 9.78. The molecule has 2 fully saturated rings. The molecule has 4 aromatic rings. The van der Waals surface area contributed by atoms with Crippen molar-refractivity contribution in [3.05, 3.63) is 126 Å². The van der Waals surface area contributed by atoms with E-state index in [0.717, 1.165) is 16.7 Å². The van der Waals surface area contributed by atoms with Gasteiger partial charge in [-0.05, 0) is 72.4 Å². The number of amides is 2. The lowest BCUT2D eigenvalue weighted by molar-refractivity contribution is -0.173. The molecule has 1 N–H and O–H groups in total. The van der Waals surface area contributed by atoms with Gasteiger partial charge in [0.2, 0.25) is 11.8 Å². The first-order chi connectivity index (χ1) is 25.1. The van der Waals surface area contributed by atoms with Crippen LogP contribution in [0.5, 0.6) is 11.5 Å². The molecule has 10 nitrogen and oxygen atoms in total. The van der Waals surface area contributed by atoms with Crippen LogP contribution in [0.3, 0.4) is 0 Å². The summed E-state index contributed by atoms with van der Waals surface area (Å²) in [6, 6.07) is 33.5. The Balaban J connectivity index is 1.52. The van der Waals surface area contributed by atoms with Gasteiger partial charge in [-0.15, -0.1) is 0 Å². The van der Waals surface area contributed by atoms with Gasteiger partial charge in [0, 0.05) is 5.92 Å². The van der Waals surface area contributed by atoms with Crippen molar-refractivity contribution in [2.75, 3.05) is 19.1 Å². The van der Waals surface area contributed by atoms with Crippen molar-refractivity contribution in [3.63, 3.8) is 0 Å². The average Bonchev–Trinajstić information content (AvgIpc) is 3.65. The first kappa shape index (κ1) is 36.3. The molecule has 6 atom stereocenters. The Kier molecular flexibility index (Phi) is 10.8. The van der Waals surface area contributed by atoms with Crippen LogP contribution in [0.2, 0.25) is 0 Å². The normalized spacial score (nSPS) is 21.0. The van der Waals surface area contributed by atoms with Crippen molar-refractivity contribution in [1.82, 2.24) is 0 Å². The van der Waals surface area contributed by atoms with Crippen molar-refractivity contribution >= 4 is 29.4 Å². The Morgan fingerprint density at radius 1 is 0.750 bits per heavy atom. The SMILES string of the molecule is COc1ccc(C(OC(C(C)OC(=O)CCC(=O)O)C2CC(C)C3C(=O)N(c4ccccc4)C(=O)C23)(c2ccccc2)c2ccc(OC)cc2)cc1. The number of benzene rings is 4. The lowest BCUT2D eigenvalue weighted by Gasteiger charge is -2.43. The van der Waals surface area contributed by atoms with Gasteiger partial charge in [-0.25, -0.2) is 0 Å². The van der Waals surface area contributed by atoms with E-state index in [1.54, 1.807) is 45.4 Å². The number of rotatable bonds is 14. The topological polar surface area (TPSA) is 129 Å². The number of hydrogen-bond acceptors (Lipinski definition) is 8. The number of hydrogen-bond donors (Lipinski definition) is 1. The standard InChI is InChI=1S/C42H43NO9/c1-26-25-34(38-37(26)40(47)43(41(38)48)31-13-9-6-10-14-31)39(27(2)51-36(46)24-23-35(44)45)52-42(28-11-7-5-8-12-28,29-15-19-32(49-3)20-16-29)30-17-21-33(50-4)22-18-30/h5-22,26-27,34,37-39H,23-25H2,1-4H3,(H,44,45). The summed E-state index contributed by atoms with van der Waals surface area (Å²) in [6.07, 6.45) is -2.17. The Labute approximate surface area is 303 Å². The summed E-state index contributed by atoms with van der Waals surface area (Å²) in [5, 5.41) is 9.26. The maximum atomic E-state index is 14.4. The molecule has 1 aliphatic heterocycles. The number of carbonyl (C=O) groups excluding carboxylic acids is 3. The van der Waals surface area contributed by atoms with Gasteiger partial charge in [0.1, 0.15) is 23.2 Å². The molecule has 2 aliphatic rings. The number of para-hydroxylation sites is 1. The molecule has 1 aliphatic carbocycles. The van der Waals surface area contributed by atoms with Crippen LogP contribution in [0.1, 0.15) is 49.8 Å². The highest BCUT2D eigenvalue weighted by atomic mass is 16.6. The van der Waals surface area contributed by atoms with Gasteiger partial charge >= 0.3 is 11.9 Å². The minimum absolute atomic E-state index is 0.186. The molecule has 6 rings (SSSR count). The van der Waals surface area contributed by atoms with Crippen molar-refractivity contribution in [3.8, 4) is 11.5 Å². The van der Waals surface area contributed by atoms with Crippen molar-refractivity contribution in [2.45, 2.75) is 50.9 Å². The predicted octanol–water partition coefficient (Wildman–Crippen LogP) is 6.64. The van der Waals surface area contributed by atoms with Crippen LogP contribution in [0.4, 0.5) is 5.69 Å². The molecule has 0 aromatic heterocycles. The molecule has 10 heteroatoms. The molecule has 52 heavy (non-hydrogen) atoms. The van der Waals surface area contributed by atoms with E-state index in [1.807, 2.05) is 91.9 Å². The number of carboxylic acid groups (broad SMARTS) is 1. The first-order valence-electron chi connectivity index (χ1n) is 17.5. The summed E-state index contributed by atoms with van der Waals surface area (Å²) in [5.74, 6) is -3.25. The van der Waals surface area contributed by atoms with Crippen LogP contribution >= 0.6 is 0 Å². The molecule has 1 saturated heterocycles. The molecule has 1 saturated carbocycles. The lowest BCUT2D eigenvalue weighted by Crippen LogP contribution is -2.48. The Bertz CT molecular complexity index is 1830. The molecule has 0 spiro atoms. The highest BCUT2D eigenvalue weighted by molar-refractivity contribution is 6.22.